The summed E-state index contributed by atoms with van der Waals surface area (Å²) in [4.78, 5) is 22.8. The van der Waals surface area contributed by atoms with Gasteiger partial charge in [0.05, 0.1) is 23.8 Å². The van der Waals surface area contributed by atoms with Crippen LogP contribution in [-0.4, -0.2) is 23.7 Å². The molecule has 26 heavy (non-hydrogen) atoms. The predicted octanol–water partition coefficient (Wildman–Crippen LogP) is 3.64. The zero-order valence-corrected chi connectivity index (χ0v) is 15.3. The van der Waals surface area contributed by atoms with Crippen LogP contribution in [0.3, 0.4) is 0 Å². The Hall–Kier alpha value is -2.54. The number of thioether (sulfide) groups is 1. The van der Waals surface area contributed by atoms with Crippen LogP contribution < -0.4 is 10.1 Å². The van der Waals surface area contributed by atoms with Crippen LogP contribution in [0.25, 0.3) is 0 Å². The molecule has 7 heteroatoms. The Morgan fingerprint density at radius 2 is 2.15 bits per heavy atom. The molecule has 2 aromatic carbocycles. The lowest BCUT2D eigenvalue weighted by molar-refractivity contribution is -0.385. The van der Waals surface area contributed by atoms with Gasteiger partial charge in [-0.3, -0.25) is 14.9 Å². The standard InChI is InChI=1S/C19H20N2O4S/c1-25-18-9-6-13(10-17(18)21(23)24)11-26-12-19(22)20-16-8-7-14-4-2-3-5-15(14)16/h2-6,9-10,16H,7-8,11-12H2,1H3,(H,20,22). The molecule has 0 saturated heterocycles. The number of carbonyl (C=O) groups excluding carboxylic acids is 1. The Labute approximate surface area is 156 Å². The number of rotatable bonds is 7. The molecule has 1 aliphatic carbocycles. The second-order valence-electron chi connectivity index (χ2n) is 6.11. The van der Waals surface area contributed by atoms with Crippen molar-refractivity contribution in [3.05, 3.63) is 69.3 Å². The fourth-order valence-electron chi connectivity index (χ4n) is 3.17. The minimum absolute atomic E-state index is 0.0142. The quantitative estimate of drug-likeness (QED) is 0.593. The van der Waals surface area contributed by atoms with Gasteiger partial charge in [-0.25, -0.2) is 0 Å². The van der Waals surface area contributed by atoms with E-state index < -0.39 is 4.92 Å². The van der Waals surface area contributed by atoms with Crippen molar-refractivity contribution in [2.45, 2.75) is 24.6 Å². The summed E-state index contributed by atoms with van der Waals surface area (Å²) in [6, 6.07) is 13.1. The fraction of sp³-hybridized carbons (Fsp3) is 0.316. The number of nitro groups is 1. The van der Waals surface area contributed by atoms with Gasteiger partial charge in [0.1, 0.15) is 0 Å². The number of ether oxygens (including phenoxy) is 1. The van der Waals surface area contributed by atoms with Gasteiger partial charge in [-0.1, -0.05) is 30.3 Å². The van der Waals surface area contributed by atoms with Crippen LogP contribution in [0.4, 0.5) is 5.69 Å². The van der Waals surface area contributed by atoms with Crippen LogP contribution in [0.1, 0.15) is 29.2 Å². The maximum Gasteiger partial charge on any atom is 0.311 e. The molecule has 0 aliphatic heterocycles. The molecule has 1 N–H and O–H groups in total. The predicted molar refractivity (Wildman–Crippen MR) is 101 cm³/mol. The summed E-state index contributed by atoms with van der Waals surface area (Å²) in [7, 11) is 1.41. The number of amides is 1. The molecule has 2 aromatic rings. The maximum atomic E-state index is 12.2. The van der Waals surface area contributed by atoms with E-state index in [0.29, 0.717) is 11.5 Å². The van der Waals surface area contributed by atoms with Crippen LogP contribution >= 0.6 is 11.8 Å². The molecule has 136 valence electrons. The van der Waals surface area contributed by atoms with Gasteiger partial charge >= 0.3 is 5.69 Å². The van der Waals surface area contributed by atoms with E-state index in [-0.39, 0.29) is 23.4 Å². The minimum Gasteiger partial charge on any atom is -0.490 e. The molecule has 1 aliphatic rings. The number of aryl methyl sites for hydroxylation is 1. The van der Waals surface area contributed by atoms with Gasteiger partial charge in [0.2, 0.25) is 5.91 Å². The summed E-state index contributed by atoms with van der Waals surface area (Å²) < 4.78 is 4.99. The first kappa shape index (κ1) is 18.3. The van der Waals surface area contributed by atoms with E-state index in [9.17, 15) is 14.9 Å². The summed E-state index contributed by atoms with van der Waals surface area (Å²) >= 11 is 1.44. The number of hydrogen-bond acceptors (Lipinski definition) is 5. The number of nitrogens with zero attached hydrogens (tertiary/aromatic N) is 1. The largest absolute Gasteiger partial charge is 0.490 e. The third kappa shape index (κ3) is 4.16. The van der Waals surface area contributed by atoms with Gasteiger partial charge in [-0.15, -0.1) is 11.8 Å². The minimum atomic E-state index is -0.461. The second-order valence-corrected chi connectivity index (χ2v) is 7.10. The van der Waals surface area contributed by atoms with E-state index in [0.717, 1.165) is 18.4 Å². The lowest BCUT2D eigenvalue weighted by atomic mass is 10.1. The molecular formula is C19H20N2O4S. The third-order valence-electron chi connectivity index (χ3n) is 4.41. The van der Waals surface area contributed by atoms with Gasteiger partial charge in [-0.05, 0) is 35.6 Å². The highest BCUT2D eigenvalue weighted by atomic mass is 32.2. The molecule has 0 aromatic heterocycles. The number of fused-ring (bicyclic) bond motifs is 1. The average molecular weight is 372 g/mol. The number of hydrogen-bond donors (Lipinski definition) is 1. The highest BCUT2D eigenvalue weighted by molar-refractivity contribution is 7.99. The zero-order valence-electron chi connectivity index (χ0n) is 14.4. The molecule has 0 bridgehead atoms. The molecule has 1 unspecified atom stereocenters. The Kier molecular flexibility index (Phi) is 5.78. The maximum absolute atomic E-state index is 12.2. The van der Waals surface area contributed by atoms with Crippen molar-refractivity contribution in [1.29, 1.82) is 0 Å². The first-order valence-corrected chi connectivity index (χ1v) is 9.50. The summed E-state index contributed by atoms with van der Waals surface area (Å²) in [6.45, 7) is 0. The number of nitrogens with one attached hydrogen (secondary N) is 1. The van der Waals surface area contributed by atoms with Gasteiger partial charge in [0, 0.05) is 11.8 Å². The summed E-state index contributed by atoms with van der Waals surface area (Å²) in [5.74, 6) is 1.07. The van der Waals surface area contributed by atoms with Crippen LogP contribution in [-0.2, 0) is 17.0 Å². The summed E-state index contributed by atoms with van der Waals surface area (Å²) in [5.41, 5.74) is 3.24. The Morgan fingerprint density at radius 3 is 2.92 bits per heavy atom. The molecule has 1 amide bonds. The average Bonchev–Trinajstić information content (AvgIpc) is 3.04. The Morgan fingerprint density at radius 1 is 1.35 bits per heavy atom. The molecule has 0 heterocycles. The highest BCUT2D eigenvalue weighted by Crippen LogP contribution is 2.31. The monoisotopic (exact) mass is 372 g/mol. The SMILES string of the molecule is COc1ccc(CSCC(=O)NC2CCc3ccccc32)cc1[N+](=O)[O-]. The van der Waals surface area contributed by atoms with Gasteiger partial charge < -0.3 is 10.1 Å². The van der Waals surface area contributed by atoms with Crippen molar-refractivity contribution in [2.24, 2.45) is 0 Å². The molecule has 0 spiro atoms. The van der Waals surface area contributed by atoms with Gasteiger partial charge in [0.25, 0.3) is 0 Å². The van der Waals surface area contributed by atoms with E-state index >= 15 is 0 Å². The highest BCUT2D eigenvalue weighted by Gasteiger charge is 2.23. The lowest BCUT2D eigenvalue weighted by Crippen LogP contribution is -2.28. The lowest BCUT2D eigenvalue weighted by Gasteiger charge is -2.14. The number of nitro benzene ring substituents is 1. The normalized spacial score (nSPS) is 15.3. The fourth-order valence-corrected chi connectivity index (χ4v) is 3.96. The van der Waals surface area contributed by atoms with E-state index in [1.807, 2.05) is 12.1 Å². The topological polar surface area (TPSA) is 81.5 Å². The van der Waals surface area contributed by atoms with Crippen molar-refractivity contribution >= 4 is 23.4 Å². The first-order chi connectivity index (χ1) is 12.6. The Balaban J connectivity index is 1.52. The van der Waals surface area contributed by atoms with Crippen molar-refractivity contribution < 1.29 is 14.5 Å². The first-order valence-electron chi connectivity index (χ1n) is 8.34. The number of carbonyl (C=O) groups is 1. The molecule has 1 atom stereocenters. The number of methoxy groups -OCH3 is 1. The molecule has 0 radical (unpaired) electrons. The smallest absolute Gasteiger partial charge is 0.311 e. The summed E-state index contributed by atoms with van der Waals surface area (Å²) in [5, 5.41) is 14.1. The molecule has 3 rings (SSSR count). The van der Waals surface area contributed by atoms with Crippen LogP contribution in [0.15, 0.2) is 42.5 Å². The molecule has 0 saturated carbocycles. The number of benzene rings is 2. The molecule has 0 fully saturated rings. The van der Waals surface area contributed by atoms with Gasteiger partial charge in [0.15, 0.2) is 5.75 Å². The van der Waals surface area contributed by atoms with E-state index in [1.54, 1.807) is 12.1 Å². The van der Waals surface area contributed by atoms with Gasteiger partial charge in [-0.2, -0.15) is 0 Å². The third-order valence-corrected chi connectivity index (χ3v) is 5.41. The van der Waals surface area contributed by atoms with Crippen molar-refractivity contribution in [3.8, 4) is 5.75 Å². The zero-order chi connectivity index (χ0) is 18.5. The van der Waals surface area contributed by atoms with Crippen LogP contribution in [0.5, 0.6) is 5.75 Å². The van der Waals surface area contributed by atoms with E-state index in [2.05, 4.69) is 17.4 Å². The Bertz CT molecular complexity index is 825. The van der Waals surface area contributed by atoms with Crippen molar-refractivity contribution in [3.63, 3.8) is 0 Å². The molecular weight excluding hydrogens is 352 g/mol. The molecule has 6 nitrogen and oxygen atoms in total. The van der Waals surface area contributed by atoms with Crippen LogP contribution in [0, 0.1) is 10.1 Å². The second kappa shape index (κ2) is 8.23. The van der Waals surface area contributed by atoms with Crippen molar-refractivity contribution in [2.75, 3.05) is 12.9 Å². The van der Waals surface area contributed by atoms with E-state index in [4.69, 9.17) is 4.74 Å². The summed E-state index contributed by atoms with van der Waals surface area (Å²) in [6.07, 6.45) is 1.92. The van der Waals surface area contributed by atoms with Crippen molar-refractivity contribution in [1.82, 2.24) is 5.32 Å². The van der Waals surface area contributed by atoms with E-state index in [1.165, 1.54) is 36.1 Å². The van der Waals surface area contributed by atoms with Crippen LogP contribution in [0.2, 0.25) is 0 Å².